The number of aromatic amines is 1. The summed E-state index contributed by atoms with van der Waals surface area (Å²) in [6.07, 6.45) is 5.03. The number of ether oxygens (including phenoxy) is 3. The summed E-state index contributed by atoms with van der Waals surface area (Å²) in [5, 5.41) is 9.65. The van der Waals surface area contributed by atoms with Crippen molar-refractivity contribution in [3.63, 3.8) is 0 Å². The highest BCUT2D eigenvalue weighted by Gasteiger charge is 2.62. The molecule has 0 radical (unpaired) electrons. The van der Waals surface area contributed by atoms with Crippen LogP contribution in [0.2, 0.25) is 0 Å². The maximum absolute atomic E-state index is 12.2. The van der Waals surface area contributed by atoms with Gasteiger partial charge >= 0.3 is 17.8 Å². The zero-order valence-corrected chi connectivity index (χ0v) is 17.1. The van der Waals surface area contributed by atoms with E-state index >= 15 is 0 Å². The van der Waals surface area contributed by atoms with E-state index in [0.717, 1.165) is 41.5 Å². The molecular weight excluding hydrogens is 412 g/mol. The molecule has 9 nitrogen and oxygen atoms in total. The highest BCUT2D eigenvalue weighted by Crippen LogP contribution is 2.44. The molecule has 4 aliphatic heterocycles. The van der Waals surface area contributed by atoms with Gasteiger partial charge < -0.3 is 19.2 Å². The molecule has 32 heavy (non-hydrogen) atoms. The molecule has 7 rings (SSSR count). The Morgan fingerprint density at radius 1 is 1.00 bits per heavy atom. The lowest BCUT2D eigenvalue weighted by atomic mass is 9.82. The monoisotopic (exact) mass is 432 g/mol. The predicted molar refractivity (Wildman–Crippen MR) is 112 cm³/mol. The summed E-state index contributed by atoms with van der Waals surface area (Å²) in [4.78, 5) is 29.5. The number of fused-ring (bicyclic) bond motifs is 3. The fraction of sp³-hybridized carbons (Fsp3) is 0.304. The van der Waals surface area contributed by atoms with Crippen LogP contribution in [0, 0.1) is 5.92 Å². The number of nitrogens with one attached hydrogen (secondary N) is 1. The number of esters is 2. The number of carbonyl (C=O) groups is 2. The van der Waals surface area contributed by atoms with Gasteiger partial charge in [0.25, 0.3) is 0 Å². The van der Waals surface area contributed by atoms with Gasteiger partial charge in [0.1, 0.15) is 0 Å². The molecule has 2 bridgehead atoms. The molecule has 0 saturated carbocycles. The van der Waals surface area contributed by atoms with Gasteiger partial charge in [-0.2, -0.15) is 0 Å². The van der Waals surface area contributed by atoms with E-state index in [9.17, 15) is 9.59 Å². The highest BCUT2D eigenvalue weighted by atomic mass is 16.8. The van der Waals surface area contributed by atoms with Gasteiger partial charge in [-0.25, -0.2) is 14.5 Å². The van der Waals surface area contributed by atoms with Crippen LogP contribution in [-0.4, -0.2) is 57.1 Å². The Morgan fingerprint density at radius 2 is 1.75 bits per heavy atom. The number of piperidine rings is 3. The zero-order chi connectivity index (χ0) is 21.7. The molecule has 6 heterocycles. The largest absolute Gasteiger partial charge is 0.463 e. The van der Waals surface area contributed by atoms with Crippen LogP contribution in [0.5, 0.6) is 5.88 Å². The van der Waals surface area contributed by atoms with E-state index in [2.05, 4.69) is 15.2 Å². The Balaban J connectivity index is 1.31. The quantitative estimate of drug-likeness (QED) is 0.629. The molecule has 3 fully saturated rings. The first kappa shape index (κ1) is 19.0. The third kappa shape index (κ3) is 2.96. The van der Waals surface area contributed by atoms with Crippen molar-refractivity contribution in [2.24, 2.45) is 5.92 Å². The number of hydrogen-bond acceptors (Lipinski definition) is 8. The molecule has 2 aromatic heterocycles. The van der Waals surface area contributed by atoms with Crippen LogP contribution in [0.15, 0.2) is 54.7 Å². The van der Waals surface area contributed by atoms with Crippen molar-refractivity contribution in [3.05, 3.63) is 54.7 Å². The third-order valence-corrected chi connectivity index (χ3v) is 6.37. The second-order valence-electron chi connectivity index (χ2n) is 8.17. The fourth-order valence-electron chi connectivity index (χ4n) is 4.86. The van der Waals surface area contributed by atoms with Gasteiger partial charge in [0.15, 0.2) is 6.10 Å². The van der Waals surface area contributed by atoms with Crippen LogP contribution >= 0.6 is 0 Å². The summed E-state index contributed by atoms with van der Waals surface area (Å²) >= 11 is 0. The first-order valence-electron chi connectivity index (χ1n) is 10.6. The number of para-hydroxylation sites is 1. The summed E-state index contributed by atoms with van der Waals surface area (Å²) in [6, 6.07) is 11.5. The molecule has 162 valence electrons. The summed E-state index contributed by atoms with van der Waals surface area (Å²) in [5.41, 5.74) is 2.66. The van der Waals surface area contributed by atoms with E-state index in [1.54, 1.807) is 6.07 Å². The Morgan fingerprint density at radius 3 is 2.47 bits per heavy atom. The minimum atomic E-state index is -1.60. The van der Waals surface area contributed by atoms with E-state index in [1.807, 2.05) is 41.4 Å². The van der Waals surface area contributed by atoms with E-state index < -0.39 is 24.0 Å². The molecular formula is C23H20N4O5. The smallest absolute Gasteiger partial charge is 0.359 e. The molecule has 1 spiro atoms. The van der Waals surface area contributed by atoms with Crippen molar-refractivity contribution >= 4 is 22.8 Å². The molecule has 0 unspecified atom stereocenters. The van der Waals surface area contributed by atoms with Crippen molar-refractivity contribution in [2.45, 2.75) is 24.9 Å². The SMILES string of the molecule is O=C1C=CC(=O)OC2(O1)[C@H](Oc1ccc(-c3c[nH]c4ccccc34)nn1)C1CCN2CC1. The Hall–Kier alpha value is -3.72. The van der Waals surface area contributed by atoms with Crippen molar-refractivity contribution in [1.29, 1.82) is 0 Å². The van der Waals surface area contributed by atoms with Gasteiger partial charge in [-0.05, 0) is 25.0 Å². The van der Waals surface area contributed by atoms with Gasteiger partial charge in [0, 0.05) is 59.9 Å². The van der Waals surface area contributed by atoms with Crippen LogP contribution in [0.25, 0.3) is 22.2 Å². The van der Waals surface area contributed by atoms with Crippen LogP contribution in [-0.2, 0) is 19.1 Å². The second kappa shape index (κ2) is 7.16. The Kier molecular flexibility index (Phi) is 4.25. The Bertz CT molecular complexity index is 1210. The molecule has 0 amide bonds. The number of aromatic nitrogens is 3. The lowest BCUT2D eigenvalue weighted by Gasteiger charge is -2.54. The molecule has 1 atom stereocenters. The second-order valence-corrected chi connectivity index (χ2v) is 8.17. The van der Waals surface area contributed by atoms with Crippen molar-refractivity contribution in [3.8, 4) is 17.1 Å². The van der Waals surface area contributed by atoms with E-state index in [0.29, 0.717) is 18.8 Å². The normalized spacial score (nSPS) is 26.1. The number of hydrogen-bond donors (Lipinski definition) is 1. The van der Waals surface area contributed by atoms with Gasteiger partial charge in [-0.1, -0.05) is 18.2 Å². The summed E-state index contributed by atoms with van der Waals surface area (Å²) in [6.45, 7) is 1.30. The van der Waals surface area contributed by atoms with Crippen LogP contribution in [0.3, 0.4) is 0 Å². The number of benzene rings is 1. The maximum Gasteiger partial charge on any atom is 0.359 e. The maximum atomic E-state index is 12.2. The molecule has 1 aromatic carbocycles. The lowest BCUT2D eigenvalue weighted by Crippen LogP contribution is -2.71. The van der Waals surface area contributed by atoms with Crippen molar-refractivity contribution in [1.82, 2.24) is 20.1 Å². The molecule has 3 aromatic rings. The summed E-state index contributed by atoms with van der Waals surface area (Å²) in [7, 11) is 0. The predicted octanol–water partition coefficient (Wildman–Crippen LogP) is 2.41. The third-order valence-electron chi connectivity index (χ3n) is 6.37. The standard InChI is InChI=1S/C23H20N4O5/c28-20-7-8-21(29)32-23(31-20)22(14-9-11-27(23)12-10-14)30-19-6-5-18(25-26-19)16-13-24-17-4-2-1-3-15(16)17/h1-8,13-14,22,24H,9-12H2/t22-/m1/s1. The van der Waals surface area contributed by atoms with Crippen molar-refractivity contribution in [2.75, 3.05) is 13.1 Å². The number of H-pyrrole nitrogens is 1. The first-order valence-corrected chi connectivity index (χ1v) is 10.6. The van der Waals surface area contributed by atoms with Gasteiger partial charge in [-0.15, -0.1) is 10.2 Å². The number of nitrogens with zero attached hydrogens (tertiary/aromatic N) is 3. The van der Waals surface area contributed by atoms with Crippen LogP contribution < -0.4 is 4.74 Å². The number of carbonyl (C=O) groups excluding carboxylic acids is 2. The fourth-order valence-corrected chi connectivity index (χ4v) is 4.86. The van der Waals surface area contributed by atoms with Gasteiger partial charge in [0.05, 0.1) is 5.69 Å². The average Bonchev–Trinajstić information content (AvgIpc) is 3.18. The lowest BCUT2D eigenvalue weighted by molar-refractivity contribution is -0.349. The summed E-state index contributed by atoms with van der Waals surface area (Å²) < 4.78 is 17.5. The van der Waals surface area contributed by atoms with Gasteiger partial charge in [0.2, 0.25) is 5.88 Å². The van der Waals surface area contributed by atoms with Crippen LogP contribution in [0.1, 0.15) is 12.8 Å². The molecule has 3 saturated heterocycles. The number of rotatable bonds is 3. The minimum absolute atomic E-state index is 0.0498. The Labute approximate surface area is 183 Å². The van der Waals surface area contributed by atoms with Crippen LogP contribution in [0.4, 0.5) is 0 Å². The summed E-state index contributed by atoms with van der Waals surface area (Å²) in [5.74, 6) is -2.56. The molecule has 9 heteroatoms. The van der Waals surface area contributed by atoms with E-state index in [-0.39, 0.29) is 11.8 Å². The zero-order valence-electron chi connectivity index (χ0n) is 17.1. The minimum Gasteiger partial charge on any atom is -0.463 e. The molecule has 1 N–H and O–H groups in total. The highest BCUT2D eigenvalue weighted by molar-refractivity contribution is 5.94. The van der Waals surface area contributed by atoms with Gasteiger partial charge in [-0.3, -0.25) is 0 Å². The van der Waals surface area contributed by atoms with E-state index in [1.165, 1.54) is 0 Å². The van der Waals surface area contributed by atoms with E-state index in [4.69, 9.17) is 14.2 Å². The molecule has 4 aliphatic rings. The first-order chi connectivity index (χ1) is 15.6. The average molecular weight is 432 g/mol. The van der Waals surface area contributed by atoms with Crippen molar-refractivity contribution < 1.29 is 23.8 Å². The molecule has 0 aliphatic carbocycles. The topological polar surface area (TPSA) is 107 Å².